The third-order valence-corrected chi connectivity index (χ3v) is 3.26. The molecular weight excluding hydrogens is 231 g/mol. The summed E-state index contributed by atoms with van der Waals surface area (Å²) < 4.78 is 0. The lowest BCUT2D eigenvalue weighted by Crippen LogP contribution is -1.97. The van der Waals surface area contributed by atoms with Gasteiger partial charge in [-0.05, 0) is 23.5 Å². The Bertz CT molecular complexity index is 370. The van der Waals surface area contributed by atoms with E-state index in [1.54, 1.807) is 6.07 Å². The second-order valence-electron chi connectivity index (χ2n) is 4.33. The summed E-state index contributed by atoms with van der Waals surface area (Å²) in [6.45, 7) is 8.01. The third-order valence-electron chi connectivity index (χ3n) is 2.46. The van der Waals surface area contributed by atoms with E-state index >= 15 is 0 Å². The fourth-order valence-corrected chi connectivity index (χ4v) is 2.20. The van der Waals surface area contributed by atoms with Gasteiger partial charge in [0.2, 0.25) is 0 Å². The van der Waals surface area contributed by atoms with E-state index in [1.165, 1.54) is 0 Å². The van der Waals surface area contributed by atoms with Crippen molar-refractivity contribution in [2.24, 2.45) is 0 Å². The number of phenolic OH excluding ortho intramolecular Hbond substituents is 1. The van der Waals surface area contributed by atoms with Gasteiger partial charge in [0.25, 0.3) is 0 Å². The quantitative estimate of drug-likeness (QED) is 0.784. The van der Waals surface area contributed by atoms with Crippen LogP contribution in [0, 0.1) is 0 Å². The van der Waals surface area contributed by atoms with Gasteiger partial charge in [0.1, 0.15) is 5.75 Å². The highest BCUT2D eigenvalue weighted by Gasteiger charge is 2.19. The first-order chi connectivity index (χ1) is 6.86. The molecule has 0 unspecified atom stereocenters. The molecule has 0 aromatic heterocycles. The van der Waals surface area contributed by atoms with E-state index in [-0.39, 0.29) is 17.6 Å². The highest BCUT2D eigenvalue weighted by atomic mass is 35.5. The molecular formula is C12H16Cl2O. The van der Waals surface area contributed by atoms with E-state index in [0.29, 0.717) is 10.0 Å². The van der Waals surface area contributed by atoms with Crippen molar-refractivity contribution in [3.63, 3.8) is 0 Å². The van der Waals surface area contributed by atoms with Crippen molar-refractivity contribution in [1.82, 2.24) is 0 Å². The van der Waals surface area contributed by atoms with Crippen LogP contribution in [0.2, 0.25) is 10.0 Å². The number of hydrogen-bond acceptors (Lipinski definition) is 1. The molecule has 1 aromatic rings. The van der Waals surface area contributed by atoms with Gasteiger partial charge in [-0.2, -0.15) is 0 Å². The Hall–Kier alpha value is -0.400. The minimum absolute atomic E-state index is 0.161. The van der Waals surface area contributed by atoms with Crippen LogP contribution in [-0.2, 0) is 0 Å². The molecule has 1 nitrogen and oxygen atoms in total. The van der Waals surface area contributed by atoms with Crippen molar-refractivity contribution >= 4 is 23.2 Å². The van der Waals surface area contributed by atoms with Gasteiger partial charge in [-0.1, -0.05) is 50.9 Å². The molecule has 3 heteroatoms. The summed E-state index contributed by atoms with van der Waals surface area (Å²) in [5.74, 6) is 0.681. The summed E-state index contributed by atoms with van der Waals surface area (Å²) >= 11 is 12.1. The highest BCUT2D eigenvalue weighted by molar-refractivity contribution is 6.42. The average Bonchev–Trinajstić information content (AvgIpc) is 2.10. The molecule has 0 aliphatic rings. The molecule has 0 saturated heterocycles. The molecule has 0 atom stereocenters. The molecule has 0 aliphatic heterocycles. The molecule has 1 rings (SSSR count). The van der Waals surface area contributed by atoms with E-state index in [0.717, 1.165) is 11.1 Å². The van der Waals surface area contributed by atoms with Crippen LogP contribution in [-0.4, -0.2) is 5.11 Å². The summed E-state index contributed by atoms with van der Waals surface area (Å²) in [7, 11) is 0. The molecule has 0 fully saturated rings. The molecule has 84 valence electrons. The Morgan fingerprint density at radius 2 is 1.60 bits per heavy atom. The second-order valence-corrected chi connectivity index (χ2v) is 5.12. The standard InChI is InChI=1S/C12H16Cl2O/c1-6(2)8-5-9(13)11(14)10(7(3)4)12(8)15/h5-7,15H,1-4H3. The molecule has 0 saturated carbocycles. The minimum Gasteiger partial charge on any atom is -0.507 e. The predicted molar refractivity (Wildman–Crippen MR) is 66.3 cm³/mol. The summed E-state index contributed by atoms with van der Waals surface area (Å²) in [6, 6.07) is 1.75. The first-order valence-corrected chi connectivity index (χ1v) is 5.82. The molecule has 0 amide bonds. The average molecular weight is 247 g/mol. The fourth-order valence-electron chi connectivity index (χ4n) is 1.62. The van der Waals surface area contributed by atoms with Crippen LogP contribution in [0.25, 0.3) is 0 Å². The molecule has 1 N–H and O–H groups in total. The van der Waals surface area contributed by atoms with Crippen LogP contribution in [0.15, 0.2) is 6.07 Å². The monoisotopic (exact) mass is 246 g/mol. The minimum atomic E-state index is 0.161. The topological polar surface area (TPSA) is 20.2 Å². The lowest BCUT2D eigenvalue weighted by molar-refractivity contribution is 0.454. The molecule has 15 heavy (non-hydrogen) atoms. The Kier molecular flexibility index (Phi) is 3.91. The van der Waals surface area contributed by atoms with Crippen LogP contribution < -0.4 is 0 Å². The van der Waals surface area contributed by atoms with Gasteiger partial charge < -0.3 is 5.11 Å². The summed E-state index contributed by atoms with van der Waals surface area (Å²) in [4.78, 5) is 0. The van der Waals surface area contributed by atoms with Crippen molar-refractivity contribution in [2.45, 2.75) is 39.5 Å². The summed E-state index contributed by atoms with van der Waals surface area (Å²) in [5, 5.41) is 11.1. The number of benzene rings is 1. The zero-order valence-electron chi connectivity index (χ0n) is 9.44. The van der Waals surface area contributed by atoms with Crippen molar-refractivity contribution in [3.05, 3.63) is 27.2 Å². The first-order valence-electron chi connectivity index (χ1n) is 5.07. The number of rotatable bonds is 2. The Labute approximate surface area is 101 Å². The van der Waals surface area contributed by atoms with Crippen LogP contribution in [0.5, 0.6) is 5.75 Å². The van der Waals surface area contributed by atoms with Crippen molar-refractivity contribution in [3.8, 4) is 5.75 Å². The molecule has 0 spiro atoms. The van der Waals surface area contributed by atoms with Gasteiger partial charge in [-0.25, -0.2) is 0 Å². The first kappa shape index (κ1) is 12.7. The number of phenols is 1. The smallest absolute Gasteiger partial charge is 0.124 e. The lowest BCUT2D eigenvalue weighted by Gasteiger charge is -2.17. The van der Waals surface area contributed by atoms with Crippen LogP contribution >= 0.6 is 23.2 Å². The molecule has 0 radical (unpaired) electrons. The zero-order valence-corrected chi connectivity index (χ0v) is 10.9. The van der Waals surface area contributed by atoms with Gasteiger partial charge in [0.05, 0.1) is 10.0 Å². The van der Waals surface area contributed by atoms with E-state index in [9.17, 15) is 5.11 Å². The summed E-state index contributed by atoms with van der Waals surface area (Å²) in [6.07, 6.45) is 0. The van der Waals surface area contributed by atoms with Gasteiger partial charge in [0.15, 0.2) is 0 Å². The third kappa shape index (κ3) is 2.40. The van der Waals surface area contributed by atoms with Crippen molar-refractivity contribution in [2.75, 3.05) is 0 Å². The SMILES string of the molecule is CC(C)c1cc(Cl)c(Cl)c(C(C)C)c1O. The van der Waals surface area contributed by atoms with E-state index in [1.807, 2.05) is 27.7 Å². The normalized spacial score (nSPS) is 11.5. The maximum absolute atomic E-state index is 10.1. The molecule has 0 heterocycles. The number of hydrogen-bond donors (Lipinski definition) is 1. The second kappa shape index (κ2) is 4.63. The lowest BCUT2D eigenvalue weighted by atomic mass is 9.94. The van der Waals surface area contributed by atoms with Gasteiger partial charge in [-0.3, -0.25) is 0 Å². The fraction of sp³-hybridized carbons (Fsp3) is 0.500. The maximum Gasteiger partial charge on any atom is 0.124 e. The molecule has 1 aromatic carbocycles. The Balaban J connectivity index is 3.49. The zero-order chi connectivity index (χ0) is 11.7. The summed E-state index contributed by atoms with van der Waals surface area (Å²) in [5.41, 5.74) is 1.60. The van der Waals surface area contributed by atoms with Crippen molar-refractivity contribution in [1.29, 1.82) is 0 Å². The van der Waals surface area contributed by atoms with E-state index < -0.39 is 0 Å². The molecule has 0 bridgehead atoms. The van der Waals surface area contributed by atoms with E-state index in [2.05, 4.69) is 0 Å². The van der Waals surface area contributed by atoms with Crippen molar-refractivity contribution < 1.29 is 5.11 Å². The van der Waals surface area contributed by atoms with Crippen LogP contribution in [0.4, 0.5) is 0 Å². The van der Waals surface area contributed by atoms with Gasteiger partial charge >= 0.3 is 0 Å². The van der Waals surface area contributed by atoms with Gasteiger partial charge in [-0.15, -0.1) is 0 Å². The number of aromatic hydroxyl groups is 1. The van der Waals surface area contributed by atoms with E-state index in [4.69, 9.17) is 23.2 Å². The molecule has 0 aliphatic carbocycles. The maximum atomic E-state index is 10.1. The largest absolute Gasteiger partial charge is 0.507 e. The van der Waals surface area contributed by atoms with Crippen LogP contribution in [0.1, 0.15) is 50.7 Å². The Morgan fingerprint density at radius 3 is 2.00 bits per heavy atom. The van der Waals surface area contributed by atoms with Crippen LogP contribution in [0.3, 0.4) is 0 Å². The highest BCUT2D eigenvalue weighted by Crippen LogP contribution is 2.42. The van der Waals surface area contributed by atoms with Gasteiger partial charge in [0, 0.05) is 5.56 Å². The Morgan fingerprint density at radius 1 is 1.07 bits per heavy atom. The number of halogens is 2. The predicted octanol–water partition coefficient (Wildman–Crippen LogP) is 4.95.